The summed E-state index contributed by atoms with van der Waals surface area (Å²) in [5.41, 5.74) is 0.734. The van der Waals surface area contributed by atoms with Crippen LogP contribution >= 0.6 is 0 Å². The lowest BCUT2D eigenvalue weighted by Crippen LogP contribution is -2.19. The zero-order valence-corrected chi connectivity index (χ0v) is 25.8. The molecule has 0 aliphatic heterocycles. The van der Waals surface area contributed by atoms with Crippen LogP contribution in [0.2, 0.25) is 0 Å². The number of phenolic OH excluding ortho intramolecular Hbond substituents is 1. The van der Waals surface area contributed by atoms with Crippen molar-refractivity contribution in [1.82, 2.24) is 0 Å². The quantitative estimate of drug-likeness (QED) is 0.0456. The molecule has 232 valence electrons. The molecule has 0 radical (unpaired) electrons. The fraction of sp³-hybridized carbons (Fsp3) is 0.794. The number of benzene rings is 1. The van der Waals surface area contributed by atoms with Crippen LogP contribution in [0.3, 0.4) is 0 Å². The van der Waals surface area contributed by atoms with Gasteiger partial charge in [0.1, 0.15) is 0 Å². The van der Waals surface area contributed by atoms with Crippen molar-refractivity contribution in [2.45, 2.75) is 161 Å². The van der Waals surface area contributed by atoms with Crippen molar-refractivity contribution in [3.8, 4) is 11.5 Å². The number of rotatable bonds is 28. The van der Waals surface area contributed by atoms with Crippen LogP contribution in [-0.2, 0) is 15.9 Å². The van der Waals surface area contributed by atoms with Gasteiger partial charge in [0, 0.05) is 13.2 Å². The Morgan fingerprint density at radius 2 is 1.15 bits per heavy atom. The Balaban J connectivity index is 2.21. The SMILES string of the molecule is CCCCCCCCCOC(CCCCCCCCc1cccc(OC(=O)O)c1O)OCCCCCCCCC. The highest BCUT2D eigenvalue weighted by Gasteiger charge is 2.12. The second-order valence-corrected chi connectivity index (χ2v) is 11.2. The molecule has 6 nitrogen and oxygen atoms in total. The standard InChI is InChI=1S/C34H60O6/c1-3-5-7-9-13-17-21-28-38-32(39-29-22-18-14-10-8-6-4-2)27-20-16-12-11-15-19-24-30-25-23-26-31(33(30)35)40-34(36)37/h23,25-26,32,35H,3-22,24,27-29H2,1-2H3,(H,36,37). The van der Waals surface area contributed by atoms with E-state index in [4.69, 9.17) is 14.6 Å². The molecule has 0 heterocycles. The number of para-hydroxylation sites is 1. The minimum absolute atomic E-state index is 0.00272. The molecule has 0 spiro atoms. The first kappa shape index (κ1) is 36.2. The number of hydrogen-bond acceptors (Lipinski definition) is 5. The fourth-order valence-corrected chi connectivity index (χ4v) is 5.04. The lowest BCUT2D eigenvalue weighted by atomic mass is 10.0. The van der Waals surface area contributed by atoms with Gasteiger partial charge in [-0.1, -0.05) is 129 Å². The molecule has 0 fully saturated rings. The largest absolute Gasteiger partial charge is 0.511 e. The number of phenols is 1. The van der Waals surface area contributed by atoms with Crippen LogP contribution in [0.4, 0.5) is 4.79 Å². The molecule has 0 saturated heterocycles. The van der Waals surface area contributed by atoms with Crippen molar-refractivity contribution >= 4 is 6.16 Å². The molecule has 0 unspecified atom stereocenters. The summed E-state index contributed by atoms with van der Waals surface area (Å²) in [6.45, 7) is 6.13. The van der Waals surface area contributed by atoms with Crippen molar-refractivity contribution in [2.75, 3.05) is 13.2 Å². The maximum absolute atomic E-state index is 10.7. The van der Waals surface area contributed by atoms with Crippen molar-refractivity contribution < 1.29 is 29.2 Å². The van der Waals surface area contributed by atoms with E-state index in [1.807, 2.05) is 6.07 Å². The van der Waals surface area contributed by atoms with Gasteiger partial charge in [0.2, 0.25) is 0 Å². The summed E-state index contributed by atoms with van der Waals surface area (Å²) >= 11 is 0. The van der Waals surface area contributed by atoms with Crippen LogP contribution in [0.15, 0.2) is 18.2 Å². The molecule has 6 heteroatoms. The Morgan fingerprint density at radius 3 is 1.68 bits per heavy atom. The van der Waals surface area contributed by atoms with Crippen LogP contribution in [0.25, 0.3) is 0 Å². The molecule has 0 saturated carbocycles. The molecule has 0 bridgehead atoms. The lowest BCUT2D eigenvalue weighted by Gasteiger charge is -2.19. The van der Waals surface area contributed by atoms with Crippen LogP contribution in [0.5, 0.6) is 11.5 Å². The second kappa shape index (κ2) is 26.1. The topological polar surface area (TPSA) is 85.2 Å². The van der Waals surface area contributed by atoms with E-state index >= 15 is 0 Å². The van der Waals surface area contributed by atoms with E-state index in [9.17, 15) is 9.90 Å². The molecule has 0 atom stereocenters. The first-order valence-electron chi connectivity index (χ1n) is 16.5. The number of aryl methyl sites for hydroxylation is 1. The Bertz CT molecular complexity index is 702. The molecule has 40 heavy (non-hydrogen) atoms. The smallest absolute Gasteiger partial charge is 0.504 e. The van der Waals surface area contributed by atoms with Gasteiger partial charge in [-0.15, -0.1) is 0 Å². The first-order valence-corrected chi connectivity index (χ1v) is 16.5. The van der Waals surface area contributed by atoms with Gasteiger partial charge in [-0.3, -0.25) is 0 Å². The fourth-order valence-electron chi connectivity index (χ4n) is 5.04. The Labute approximate surface area is 245 Å². The number of aromatic hydroxyl groups is 1. The lowest BCUT2D eigenvalue weighted by molar-refractivity contribution is -0.148. The van der Waals surface area contributed by atoms with Gasteiger partial charge in [0.25, 0.3) is 0 Å². The maximum atomic E-state index is 10.7. The Morgan fingerprint density at radius 1 is 0.675 bits per heavy atom. The number of carbonyl (C=O) groups is 1. The number of hydrogen-bond donors (Lipinski definition) is 2. The molecule has 0 aromatic heterocycles. The molecule has 0 aliphatic carbocycles. The average molecular weight is 565 g/mol. The molecule has 0 amide bonds. The van der Waals surface area contributed by atoms with E-state index < -0.39 is 6.16 Å². The predicted octanol–water partition coefficient (Wildman–Crippen LogP) is 10.6. The van der Waals surface area contributed by atoms with Gasteiger partial charge in [-0.05, 0) is 50.2 Å². The van der Waals surface area contributed by atoms with E-state index in [1.165, 1.54) is 96.0 Å². The minimum atomic E-state index is -1.42. The third kappa shape index (κ3) is 20.1. The van der Waals surface area contributed by atoms with E-state index in [0.717, 1.165) is 63.7 Å². The Hall–Kier alpha value is -1.79. The zero-order chi connectivity index (χ0) is 29.1. The van der Waals surface area contributed by atoms with Gasteiger partial charge >= 0.3 is 6.16 Å². The van der Waals surface area contributed by atoms with Gasteiger partial charge in [-0.25, -0.2) is 4.79 Å². The zero-order valence-electron chi connectivity index (χ0n) is 25.8. The summed E-state index contributed by atoms with van der Waals surface area (Å²) in [4.78, 5) is 10.7. The van der Waals surface area contributed by atoms with Crippen LogP contribution < -0.4 is 4.74 Å². The van der Waals surface area contributed by atoms with Gasteiger partial charge in [0.05, 0.1) is 0 Å². The number of ether oxygens (including phenoxy) is 3. The van der Waals surface area contributed by atoms with Crippen molar-refractivity contribution in [3.63, 3.8) is 0 Å². The van der Waals surface area contributed by atoms with Gasteiger partial charge in [0.15, 0.2) is 17.8 Å². The number of unbranched alkanes of at least 4 members (excludes halogenated alkanes) is 17. The molecule has 2 N–H and O–H groups in total. The van der Waals surface area contributed by atoms with Crippen molar-refractivity contribution in [1.29, 1.82) is 0 Å². The normalized spacial score (nSPS) is 11.4. The van der Waals surface area contributed by atoms with Crippen molar-refractivity contribution in [3.05, 3.63) is 23.8 Å². The molecule has 0 aliphatic rings. The highest BCUT2D eigenvalue weighted by molar-refractivity contribution is 5.63. The summed E-state index contributed by atoms with van der Waals surface area (Å²) in [7, 11) is 0. The predicted molar refractivity (Wildman–Crippen MR) is 164 cm³/mol. The highest BCUT2D eigenvalue weighted by atomic mass is 16.7. The van der Waals surface area contributed by atoms with E-state index in [1.54, 1.807) is 6.07 Å². The number of carboxylic acid groups (broad SMARTS) is 1. The van der Waals surface area contributed by atoms with E-state index in [-0.39, 0.29) is 17.8 Å². The van der Waals surface area contributed by atoms with Crippen LogP contribution in [0.1, 0.15) is 154 Å². The van der Waals surface area contributed by atoms with Crippen molar-refractivity contribution in [2.24, 2.45) is 0 Å². The second-order valence-electron chi connectivity index (χ2n) is 11.2. The van der Waals surface area contributed by atoms with E-state index in [0.29, 0.717) is 6.42 Å². The van der Waals surface area contributed by atoms with Gasteiger partial charge in [-0.2, -0.15) is 0 Å². The molecule has 1 rings (SSSR count). The summed E-state index contributed by atoms with van der Waals surface area (Å²) in [5.74, 6) is -0.0631. The highest BCUT2D eigenvalue weighted by Crippen LogP contribution is 2.31. The third-order valence-electron chi connectivity index (χ3n) is 7.52. The molecular formula is C34H60O6. The van der Waals surface area contributed by atoms with Crippen LogP contribution in [0, 0.1) is 0 Å². The summed E-state index contributed by atoms with van der Waals surface area (Å²) < 4.78 is 17.0. The summed E-state index contributed by atoms with van der Waals surface area (Å²) in [6, 6.07) is 5.01. The maximum Gasteiger partial charge on any atom is 0.511 e. The average Bonchev–Trinajstić information content (AvgIpc) is 2.94. The summed E-state index contributed by atoms with van der Waals surface area (Å²) in [6.07, 6.45) is 25.0. The third-order valence-corrected chi connectivity index (χ3v) is 7.52. The molecular weight excluding hydrogens is 504 g/mol. The first-order chi connectivity index (χ1) is 19.6. The van der Waals surface area contributed by atoms with E-state index in [2.05, 4.69) is 18.6 Å². The molecule has 1 aromatic carbocycles. The van der Waals surface area contributed by atoms with Gasteiger partial charge < -0.3 is 24.4 Å². The summed E-state index contributed by atoms with van der Waals surface area (Å²) in [5, 5.41) is 19.0. The van der Waals surface area contributed by atoms with Crippen LogP contribution in [-0.4, -0.2) is 35.9 Å². The minimum Gasteiger partial charge on any atom is -0.504 e. The molecule has 1 aromatic rings. The monoisotopic (exact) mass is 564 g/mol. The Kier molecular flexibility index (Phi) is 23.7.